The Balaban J connectivity index is 2.27. The number of ether oxygens (including phenoxy) is 2. The molecule has 1 N–H and O–H groups in total. The van der Waals surface area contributed by atoms with Gasteiger partial charge in [0.15, 0.2) is 17.3 Å². The van der Waals surface area contributed by atoms with E-state index < -0.39 is 0 Å². The quantitative estimate of drug-likeness (QED) is 0.800. The molecule has 2 aromatic rings. The molecule has 1 heterocycles. The van der Waals surface area contributed by atoms with Gasteiger partial charge in [-0.2, -0.15) is 4.98 Å². The lowest BCUT2D eigenvalue weighted by molar-refractivity contribution is 0.288. The first-order valence-electron chi connectivity index (χ1n) is 6.48. The maximum absolute atomic E-state index is 6.03. The highest BCUT2D eigenvalue weighted by Crippen LogP contribution is 2.32. The van der Waals surface area contributed by atoms with Crippen molar-refractivity contribution >= 4 is 34.7 Å². The Morgan fingerprint density at radius 2 is 1.81 bits per heavy atom. The molecule has 0 spiro atoms. The lowest BCUT2D eigenvalue weighted by Crippen LogP contribution is -2.00. The molecule has 0 unspecified atom stereocenters. The standard InChI is InChI=1S/C14H15Cl2N3O2/c1-3-20-11-6-5-9(7-12(11)21-4-2)18-13-10(15)8-17-14(16)19-13/h5-8H,3-4H2,1-2H3,(H,17,18,19). The van der Waals surface area contributed by atoms with Gasteiger partial charge in [0.1, 0.15) is 5.02 Å². The number of rotatable bonds is 6. The van der Waals surface area contributed by atoms with E-state index in [2.05, 4.69) is 15.3 Å². The molecule has 0 saturated heterocycles. The van der Waals surface area contributed by atoms with Crippen LogP contribution in [0, 0.1) is 0 Å². The molecule has 0 atom stereocenters. The molecule has 0 aliphatic heterocycles. The number of anilines is 2. The number of hydrogen-bond donors (Lipinski definition) is 1. The monoisotopic (exact) mass is 327 g/mol. The van der Waals surface area contributed by atoms with E-state index in [0.717, 1.165) is 5.69 Å². The van der Waals surface area contributed by atoms with Crippen molar-refractivity contribution in [3.05, 3.63) is 34.7 Å². The predicted octanol–water partition coefficient (Wildman–Crippen LogP) is 4.32. The van der Waals surface area contributed by atoms with Gasteiger partial charge in [0.05, 0.1) is 19.4 Å². The highest BCUT2D eigenvalue weighted by molar-refractivity contribution is 6.33. The summed E-state index contributed by atoms with van der Waals surface area (Å²) >= 11 is 11.8. The summed E-state index contributed by atoms with van der Waals surface area (Å²) in [6.45, 7) is 4.95. The molecule has 21 heavy (non-hydrogen) atoms. The van der Waals surface area contributed by atoms with Crippen LogP contribution in [0.2, 0.25) is 10.3 Å². The van der Waals surface area contributed by atoms with Crippen LogP contribution < -0.4 is 14.8 Å². The van der Waals surface area contributed by atoms with Crippen LogP contribution in [0.1, 0.15) is 13.8 Å². The van der Waals surface area contributed by atoms with Gasteiger partial charge < -0.3 is 14.8 Å². The smallest absolute Gasteiger partial charge is 0.224 e. The van der Waals surface area contributed by atoms with Crippen LogP contribution in [0.3, 0.4) is 0 Å². The summed E-state index contributed by atoms with van der Waals surface area (Å²) in [6.07, 6.45) is 1.44. The molecule has 0 aliphatic carbocycles. The Labute approximate surface area is 133 Å². The fourth-order valence-electron chi connectivity index (χ4n) is 1.70. The van der Waals surface area contributed by atoms with E-state index in [1.807, 2.05) is 32.0 Å². The van der Waals surface area contributed by atoms with Gasteiger partial charge in [0, 0.05) is 11.8 Å². The number of nitrogens with zero attached hydrogens (tertiary/aromatic N) is 2. The van der Waals surface area contributed by atoms with Gasteiger partial charge in [-0.1, -0.05) is 11.6 Å². The number of halogens is 2. The van der Waals surface area contributed by atoms with Crippen molar-refractivity contribution in [3.8, 4) is 11.5 Å². The minimum Gasteiger partial charge on any atom is -0.490 e. The summed E-state index contributed by atoms with van der Waals surface area (Å²) in [5.41, 5.74) is 0.763. The van der Waals surface area contributed by atoms with Crippen LogP contribution >= 0.6 is 23.2 Å². The van der Waals surface area contributed by atoms with Crippen LogP contribution in [0.4, 0.5) is 11.5 Å². The third-order valence-electron chi connectivity index (χ3n) is 2.52. The summed E-state index contributed by atoms with van der Waals surface area (Å²) < 4.78 is 11.1. The Morgan fingerprint density at radius 3 is 2.52 bits per heavy atom. The minimum atomic E-state index is 0.123. The van der Waals surface area contributed by atoms with E-state index in [1.165, 1.54) is 6.20 Å². The second-order valence-electron chi connectivity index (χ2n) is 3.99. The second-order valence-corrected chi connectivity index (χ2v) is 4.73. The number of benzene rings is 1. The third-order valence-corrected chi connectivity index (χ3v) is 2.98. The first kappa shape index (κ1) is 15.7. The van der Waals surface area contributed by atoms with Crippen LogP contribution in [-0.4, -0.2) is 23.2 Å². The van der Waals surface area contributed by atoms with E-state index in [0.29, 0.717) is 35.6 Å². The Hall–Kier alpha value is -1.72. The van der Waals surface area contributed by atoms with E-state index in [9.17, 15) is 0 Å². The van der Waals surface area contributed by atoms with Gasteiger partial charge in [-0.3, -0.25) is 0 Å². The molecule has 0 amide bonds. The minimum absolute atomic E-state index is 0.123. The predicted molar refractivity (Wildman–Crippen MR) is 84.1 cm³/mol. The molecule has 1 aromatic carbocycles. The van der Waals surface area contributed by atoms with Gasteiger partial charge >= 0.3 is 0 Å². The maximum atomic E-state index is 6.03. The Kier molecular flexibility index (Phi) is 5.47. The van der Waals surface area contributed by atoms with Gasteiger partial charge in [0.2, 0.25) is 5.28 Å². The first-order valence-corrected chi connectivity index (χ1v) is 7.24. The lowest BCUT2D eigenvalue weighted by atomic mass is 10.2. The average Bonchev–Trinajstić information content (AvgIpc) is 2.46. The van der Waals surface area contributed by atoms with Crippen molar-refractivity contribution in [2.45, 2.75) is 13.8 Å². The SMILES string of the molecule is CCOc1ccc(Nc2nc(Cl)ncc2Cl)cc1OCC. The van der Waals surface area contributed by atoms with Crippen molar-refractivity contribution in [1.82, 2.24) is 9.97 Å². The molecule has 2 rings (SSSR count). The molecule has 0 bridgehead atoms. The fraction of sp³-hybridized carbons (Fsp3) is 0.286. The average molecular weight is 328 g/mol. The maximum Gasteiger partial charge on any atom is 0.224 e. The normalized spacial score (nSPS) is 10.3. The van der Waals surface area contributed by atoms with Crippen molar-refractivity contribution in [3.63, 3.8) is 0 Å². The highest BCUT2D eigenvalue weighted by Gasteiger charge is 2.09. The molecule has 0 fully saturated rings. The van der Waals surface area contributed by atoms with Crippen molar-refractivity contribution < 1.29 is 9.47 Å². The Morgan fingerprint density at radius 1 is 1.10 bits per heavy atom. The number of aromatic nitrogens is 2. The highest BCUT2D eigenvalue weighted by atomic mass is 35.5. The van der Waals surface area contributed by atoms with E-state index >= 15 is 0 Å². The molecule has 1 aromatic heterocycles. The van der Waals surface area contributed by atoms with Crippen LogP contribution in [0.15, 0.2) is 24.4 Å². The van der Waals surface area contributed by atoms with Gasteiger partial charge in [0.25, 0.3) is 0 Å². The zero-order chi connectivity index (χ0) is 15.2. The molecular formula is C14H15Cl2N3O2. The largest absolute Gasteiger partial charge is 0.490 e. The third kappa shape index (κ3) is 4.12. The van der Waals surface area contributed by atoms with Gasteiger partial charge in [-0.05, 0) is 37.6 Å². The Bertz CT molecular complexity index is 623. The summed E-state index contributed by atoms with van der Waals surface area (Å²) in [4.78, 5) is 7.85. The van der Waals surface area contributed by atoms with Crippen LogP contribution in [0.5, 0.6) is 11.5 Å². The topological polar surface area (TPSA) is 56.3 Å². The van der Waals surface area contributed by atoms with Crippen LogP contribution in [0.25, 0.3) is 0 Å². The lowest BCUT2D eigenvalue weighted by Gasteiger charge is -2.13. The summed E-state index contributed by atoms with van der Waals surface area (Å²) in [5.74, 6) is 1.78. The van der Waals surface area contributed by atoms with E-state index in [-0.39, 0.29) is 5.28 Å². The molecule has 0 saturated carbocycles. The van der Waals surface area contributed by atoms with Crippen LogP contribution in [-0.2, 0) is 0 Å². The number of hydrogen-bond acceptors (Lipinski definition) is 5. The zero-order valence-corrected chi connectivity index (χ0v) is 13.2. The summed E-state index contributed by atoms with van der Waals surface area (Å²) in [7, 11) is 0. The van der Waals surface area contributed by atoms with Crippen molar-refractivity contribution in [2.24, 2.45) is 0 Å². The molecule has 7 heteroatoms. The molecule has 112 valence electrons. The first-order chi connectivity index (χ1) is 10.1. The summed E-state index contributed by atoms with van der Waals surface area (Å²) in [6, 6.07) is 5.49. The molecular weight excluding hydrogens is 313 g/mol. The van der Waals surface area contributed by atoms with Gasteiger partial charge in [-0.25, -0.2) is 4.98 Å². The molecule has 5 nitrogen and oxygen atoms in total. The molecule has 0 aliphatic rings. The van der Waals surface area contributed by atoms with Gasteiger partial charge in [-0.15, -0.1) is 0 Å². The van der Waals surface area contributed by atoms with Crippen molar-refractivity contribution in [2.75, 3.05) is 18.5 Å². The second kappa shape index (κ2) is 7.33. The van der Waals surface area contributed by atoms with Crippen molar-refractivity contribution in [1.29, 1.82) is 0 Å². The number of nitrogens with one attached hydrogen (secondary N) is 1. The van der Waals surface area contributed by atoms with E-state index in [4.69, 9.17) is 32.7 Å². The zero-order valence-electron chi connectivity index (χ0n) is 11.7. The fourth-order valence-corrected chi connectivity index (χ4v) is 1.97. The van der Waals surface area contributed by atoms with E-state index in [1.54, 1.807) is 0 Å². The summed E-state index contributed by atoms with van der Waals surface area (Å²) in [5, 5.41) is 3.58. The molecule has 0 radical (unpaired) electrons.